The van der Waals surface area contributed by atoms with Gasteiger partial charge in [-0.05, 0) is 71.1 Å². The summed E-state index contributed by atoms with van der Waals surface area (Å²) in [5.41, 5.74) is 2.32. The van der Waals surface area contributed by atoms with E-state index in [1.807, 2.05) is 18.2 Å². The topological polar surface area (TPSA) is 67.4 Å². The fourth-order valence-electron chi connectivity index (χ4n) is 3.48. The summed E-state index contributed by atoms with van der Waals surface area (Å²) in [5.74, 6) is 0.253. The van der Waals surface area contributed by atoms with Crippen LogP contribution in [0.15, 0.2) is 46.9 Å². The van der Waals surface area contributed by atoms with Crippen LogP contribution < -0.4 is 15.4 Å². The number of hydrogen-bond acceptors (Lipinski definition) is 3. The van der Waals surface area contributed by atoms with Crippen LogP contribution in [0.25, 0.3) is 0 Å². The summed E-state index contributed by atoms with van der Waals surface area (Å²) in [6, 6.07) is 13.1. The van der Waals surface area contributed by atoms with Gasteiger partial charge < -0.3 is 15.4 Å². The van der Waals surface area contributed by atoms with Crippen LogP contribution in [-0.4, -0.2) is 24.5 Å². The molecule has 0 aromatic heterocycles. The number of rotatable bonds is 7. The third-order valence-electron chi connectivity index (χ3n) is 5.11. The number of carbonyl (C=O) groups is 2. The van der Waals surface area contributed by atoms with Gasteiger partial charge in [0.25, 0.3) is 11.8 Å². The molecule has 0 unspecified atom stereocenters. The van der Waals surface area contributed by atoms with Crippen LogP contribution in [0.1, 0.15) is 54.9 Å². The molecule has 5 nitrogen and oxygen atoms in total. The highest BCUT2D eigenvalue weighted by molar-refractivity contribution is 9.10. The molecule has 0 heterocycles. The van der Waals surface area contributed by atoms with Crippen molar-refractivity contribution in [2.24, 2.45) is 0 Å². The van der Waals surface area contributed by atoms with E-state index in [2.05, 4.69) is 33.5 Å². The molecule has 1 aliphatic rings. The lowest BCUT2D eigenvalue weighted by Gasteiger charge is -2.22. The Labute approximate surface area is 180 Å². The molecular formula is C23H27BrN2O3. The zero-order valence-corrected chi connectivity index (χ0v) is 18.3. The van der Waals surface area contributed by atoms with Crippen LogP contribution in [-0.2, 0) is 11.2 Å². The normalized spacial score (nSPS) is 14.3. The summed E-state index contributed by atoms with van der Waals surface area (Å²) in [7, 11) is 0. The molecule has 0 bridgehead atoms. The third kappa shape index (κ3) is 6.32. The Morgan fingerprint density at radius 2 is 1.90 bits per heavy atom. The minimum atomic E-state index is -0.277. The van der Waals surface area contributed by atoms with Crippen molar-refractivity contribution in [1.29, 1.82) is 0 Å². The molecular weight excluding hydrogens is 432 g/mol. The van der Waals surface area contributed by atoms with Gasteiger partial charge in [0.15, 0.2) is 6.61 Å². The minimum Gasteiger partial charge on any atom is -0.483 e. The van der Waals surface area contributed by atoms with E-state index in [1.54, 1.807) is 24.3 Å². The summed E-state index contributed by atoms with van der Waals surface area (Å²) in [5, 5.41) is 5.89. The van der Waals surface area contributed by atoms with Crippen molar-refractivity contribution in [3.63, 3.8) is 0 Å². The van der Waals surface area contributed by atoms with Gasteiger partial charge in [0.2, 0.25) is 0 Å². The zero-order valence-electron chi connectivity index (χ0n) is 16.7. The highest BCUT2D eigenvalue weighted by Crippen LogP contribution is 2.26. The van der Waals surface area contributed by atoms with E-state index in [0.717, 1.165) is 23.7 Å². The minimum absolute atomic E-state index is 0.0933. The van der Waals surface area contributed by atoms with Crippen LogP contribution in [0.4, 0.5) is 5.69 Å². The smallest absolute Gasteiger partial charge is 0.262 e. The molecule has 2 aromatic carbocycles. The second-order valence-corrected chi connectivity index (χ2v) is 8.20. The quantitative estimate of drug-likeness (QED) is 0.606. The Balaban J connectivity index is 1.53. The number of nitrogens with one attached hydrogen (secondary N) is 2. The SMILES string of the molecule is CCc1ccc(OCC(=O)Nc2cccc(C(=O)NC3CCCCC3)c2)c(Br)c1. The van der Waals surface area contributed by atoms with Crippen molar-refractivity contribution < 1.29 is 14.3 Å². The number of ether oxygens (including phenoxy) is 1. The van der Waals surface area contributed by atoms with E-state index < -0.39 is 0 Å². The largest absolute Gasteiger partial charge is 0.483 e. The fraction of sp³-hybridized carbons (Fsp3) is 0.391. The average Bonchev–Trinajstić information content (AvgIpc) is 2.73. The van der Waals surface area contributed by atoms with Gasteiger partial charge in [-0.25, -0.2) is 0 Å². The Morgan fingerprint density at radius 3 is 2.62 bits per heavy atom. The van der Waals surface area contributed by atoms with E-state index in [-0.39, 0.29) is 24.5 Å². The van der Waals surface area contributed by atoms with Crippen molar-refractivity contribution in [1.82, 2.24) is 5.32 Å². The molecule has 2 amide bonds. The Kier molecular flexibility index (Phi) is 7.69. The molecule has 6 heteroatoms. The summed E-state index contributed by atoms with van der Waals surface area (Å²) in [4.78, 5) is 24.8. The number of amides is 2. The van der Waals surface area contributed by atoms with Crippen molar-refractivity contribution >= 4 is 33.4 Å². The summed E-state index contributed by atoms with van der Waals surface area (Å²) in [6.07, 6.45) is 6.58. The molecule has 154 valence electrons. The molecule has 29 heavy (non-hydrogen) atoms. The van der Waals surface area contributed by atoms with Crippen molar-refractivity contribution in [2.45, 2.75) is 51.5 Å². The van der Waals surface area contributed by atoms with Gasteiger partial charge in [-0.2, -0.15) is 0 Å². The second kappa shape index (κ2) is 10.4. The van der Waals surface area contributed by atoms with Gasteiger partial charge in [-0.1, -0.05) is 38.3 Å². The maximum Gasteiger partial charge on any atom is 0.262 e. The molecule has 1 aliphatic carbocycles. The predicted molar refractivity (Wildman–Crippen MR) is 118 cm³/mol. The average molecular weight is 459 g/mol. The summed E-state index contributed by atoms with van der Waals surface area (Å²) >= 11 is 3.47. The van der Waals surface area contributed by atoms with Crippen molar-refractivity contribution in [3.05, 3.63) is 58.1 Å². The van der Waals surface area contributed by atoms with E-state index in [9.17, 15) is 9.59 Å². The first kappa shape index (κ1) is 21.4. The molecule has 0 aliphatic heterocycles. The summed E-state index contributed by atoms with van der Waals surface area (Å²) in [6.45, 7) is 1.97. The number of benzene rings is 2. The summed E-state index contributed by atoms with van der Waals surface area (Å²) < 4.78 is 6.44. The Bertz CT molecular complexity index is 863. The van der Waals surface area contributed by atoms with Crippen LogP contribution in [0.3, 0.4) is 0 Å². The van der Waals surface area contributed by atoms with E-state index in [0.29, 0.717) is 17.0 Å². The highest BCUT2D eigenvalue weighted by Gasteiger charge is 2.17. The number of halogens is 1. The Hall–Kier alpha value is -2.34. The van der Waals surface area contributed by atoms with Gasteiger partial charge >= 0.3 is 0 Å². The molecule has 0 radical (unpaired) electrons. The van der Waals surface area contributed by atoms with E-state index in [4.69, 9.17) is 4.74 Å². The van der Waals surface area contributed by atoms with Crippen molar-refractivity contribution in [3.8, 4) is 5.75 Å². The van der Waals surface area contributed by atoms with E-state index in [1.165, 1.54) is 24.8 Å². The van der Waals surface area contributed by atoms with Gasteiger partial charge in [0.05, 0.1) is 4.47 Å². The first-order valence-corrected chi connectivity index (χ1v) is 11.0. The lowest BCUT2D eigenvalue weighted by Crippen LogP contribution is -2.36. The van der Waals surface area contributed by atoms with Crippen molar-refractivity contribution in [2.75, 3.05) is 11.9 Å². The van der Waals surface area contributed by atoms with Gasteiger partial charge in [-0.15, -0.1) is 0 Å². The zero-order chi connectivity index (χ0) is 20.6. The third-order valence-corrected chi connectivity index (χ3v) is 5.73. The lowest BCUT2D eigenvalue weighted by atomic mass is 9.95. The van der Waals surface area contributed by atoms with Crippen LogP contribution >= 0.6 is 15.9 Å². The van der Waals surface area contributed by atoms with E-state index >= 15 is 0 Å². The lowest BCUT2D eigenvalue weighted by molar-refractivity contribution is -0.118. The number of anilines is 1. The molecule has 0 spiro atoms. The molecule has 3 rings (SSSR count). The molecule has 1 saturated carbocycles. The maximum atomic E-state index is 12.5. The van der Waals surface area contributed by atoms with Crippen LogP contribution in [0.5, 0.6) is 5.75 Å². The van der Waals surface area contributed by atoms with Crippen LogP contribution in [0, 0.1) is 0 Å². The molecule has 2 aromatic rings. The molecule has 0 saturated heterocycles. The fourth-order valence-corrected chi connectivity index (χ4v) is 4.02. The first-order valence-electron chi connectivity index (χ1n) is 10.2. The van der Waals surface area contributed by atoms with Gasteiger partial charge in [0, 0.05) is 17.3 Å². The number of carbonyl (C=O) groups excluding carboxylic acids is 2. The molecule has 2 N–H and O–H groups in total. The molecule has 1 fully saturated rings. The number of hydrogen-bond donors (Lipinski definition) is 2. The Morgan fingerprint density at radius 1 is 1.10 bits per heavy atom. The second-order valence-electron chi connectivity index (χ2n) is 7.34. The first-order chi connectivity index (χ1) is 14.0. The van der Waals surface area contributed by atoms with Gasteiger partial charge in [0.1, 0.15) is 5.75 Å². The predicted octanol–water partition coefficient (Wildman–Crippen LogP) is 5.09. The highest BCUT2D eigenvalue weighted by atomic mass is 79.9. The maximum absolute atomic E-state index is 12.5. The standard InChI is InChI=1S/C23H27BrN2O3/c1-2-16-11-12-21(20(24)13-16)29-15-22(27)25-19-10-6-7-17(14-19)23(28)26-18-8-4-3-5-9-18/h6-7,10-14,18H,2-5,8-9,15H2,1H3,(H,25,27)(H,26,28). The molecule has 0 atom stereocenters. The monoisotopic (exact) mass is 458 g/mol. The number of aryl methyl sites for hydroxylation is 1. The van der Waals surface area contributed by atoms with Crippen LogP contribution in [0.2, 0.25) is 0 Å². The van der Waals surface area contributed by atoms with Gasteiger partial charge in [-0.3, -0.25) is 9.59 Å².